The third-order valence-electron chi connectivity index (χ3n) is 2.90. The number of aliphatic hydroxyl groups is 1. The highest BCUT2D eigenvalue weighted by atomic mass is 19.1. The van der Waals surface area contributed by atoms with E-state index in [-0.39, 0.29) is 18.3 Å². The topological polar surface area (TPSA) is 32.3 Å². The summed E-state index contributed by atoms with van der Waals surface area (Å²) in [4.78, 5) is 0. The van der Waals surface area contributed by atoms with Crippen molar-refractivity contribution >= 4 is 5.69 Å². The molecule has 1 unspecified atom stereocenters. The Morgan fingerprint density at radius 1 is 1.38 bits per heavy atom. The number of hydrogen-bond acceptors (Lipinski definition) is 2. The first-order chi connectivity index (χ1) is 7.54. The molecule has 0 spiro atoms. The molecule has 1 rings (SSSR count). The van der Waals surface area contributed by atoms with Crippen LogP contribution in [0.15, 0.2) is 18.2 Å². The van der Waals surface area contributed by atoms with Gasteiger partial charge in [-0.3, -0.25) is 0 Å². The maximum atomic E-state index is 13.0. The lowest BCUT2D eigenvalue weighted by molar-refractivity contribution is 0.198. The van der Waals surface area contributed by atoms with Gasteiger partial charge in [-0.25, -0.2) is 4.39 Å². The highest BCUT2D eigenvalue weighted by Crippen LogP contribution is 2.16. The zero-order valence-electron chi connectivity index (χ0n) is 10.1. The number of hydrogen-bond donors (Lipinski definition) is 2. The van der Waals surface area contributed by atoms with Crippen molar-refractivity contribution in [1.82, 2.24) is 0 Å². The number of aliphatic hydroxyl groups excluding tert-OH is 1. The first-order valence-corrected chi connectivity index (χ1v) is 5.65. The van der Waals surface area contributed by atoms with Gasteiger partial charge in [-0.2, -0.15) is 0 Å². The van der Waals surface area contributed by atoms with Crippen LogP contribution in [0.3, 0.4) is 0 Å². The van der Waals surface area contributed by atoms with Crippen molar-refractivity contribution in [3.8, 4) is 0 Å². The van der Waals surface area contributed by atoms with Crippen LogP contribution < -0.4 is 5.32 Å². The highest BCUT2D eigenvalue weighted by Gasteiger charge is 2.11. The maximum Gasteiger partial charge on any atom is 0.126 e. The van der Waals surface area contributed by atoms with Gasteiger partial charge in [-0.15, -0.1) is 0 Å². The molecule has 0 bridgehead atoms. The summed E-state index contributed by atoms with van der Waals surface area (Å²) < 4.78 is 13.0. The zero-order valence-corrected chi connectivity index (χ0v) is 10.1. The molecule has 0 amide bonds. The number of benzene rings is 1. The Morgan fingerprint density at radius 3 is 2.56 bits per heavy atom. The van der Waals surface area contributed by atoms with Gasteiger partial charge in [-0.05, 0) is 36.6 Å². The largest absolute Gasteiger partial charge is 0.396 e. The minimum Gasteiger partial charge on any atom is -0.396 e. The van der Waals surface area contributed by atoms with Crippen LogP contribution in [0, 0.1) is 24.6 Å². The van der Waals surface area contributed by atoms with Crippen LogP contribution in [0.25, 0.3) is 0 Å². The molecule has 0 aliphatic heterocycles. The lowest BCUT2D eigenvalue weighted by Gasteiger charge is -2.19. The van der Waals surface area contributed by atoms with Crippen molar-refractivity contribution in [3.63, 3.8) is 0 Å². The molecule has 0 saturated heterocycles. The standard InChI is InChI=1S/C13H20FNO/c1-9(2)11(8-16)7-15-12-4-5-13(14)10(3)6-12/h4-6,9,11,15-16H,7-8H2,1-3H3. The van der Waals surface area contributed by atoms with E-state index in [1.54, 1.807) is 19.1 Å². The van der Waals surface area contributed by atoms with Gasteiger partial charge in [0.05, 0.1) is 0 Å². The van der Waals surface area contributed by atoms with E-state index in [1.807, 2.05) is 0 Å². The molecule has 1 aromatic rings. The molecule has 2 N–H and O–H groups in total. The fraction of sp³-hybridized carbons (Fsp3) is 0.538. The van der Waals surface area contributed by atoms with Crippen molar-refractivity contribution < 1.29 is 9.50 Å². The Hall–Kier alpha value is -1.09. The summed E-state index contributed by atoms with van der Waals surface area (Å²) in [6.07, 6.45) is 0. The first kappa shape index (κ1) is 13.0. The van der Waals surface area contributed by atoms with Crippen LogP contribution >= 0.6 is 0 Å². The second kappa shape index (κ2) is 5.85. The summed E-state index contributed by atoms with van der Waals surface area (Å²) in [5, 5.41) is 12.4. The minimum atomic E-state index is -0.187. The summed E-state index contributed by atoms with van der Waals surface area (Å²) in [6.45, 7) is 6.79. The summed E-state index contributed by atoms with van der Waals surface area (Å²) in [5.74, 6) is 0.470. The third kappa shape index (κ3) is 3.49. The van der Waals surface area contributed by atoms with Crippen molar-refractivity contribution in [2.45, 2.75) is 20.8 Å². The van der Waals surface area contributed by atoms with E-state index in [4.69, 9.17) is 0 Å². The third-order valence-corrected chi connectivity index (χ3v) is 2.90. The van der Waals surface area contributed by atoms with Gasteiger partial charge < -0.3 is 10.4 Å². The lowest BCUT2D eigenvalue weighted by atomic mass is 9.97. The monoisotopic (exact) mass is 225 g/mol. The van der Waals surface area contributed by atoms with Crippen LogP contribution in [-0.2, 0) is 0 Å². The molecule has 1 aromatic carbocycles. The molecule has 0 saturated carbocycles. The van der Waals surface area contributed by atoms with Gasteiger partial charge in [0.1, 0.15) is 5.82 Å². The molecule has 0 aromatic heterocycles. The van der Waals surface area contributed by atoms with Crippen molar-refractivity contribution in [3.05, 3.63) is 29.6 Å². The molecular formula is C13H20FNO. The maximum absolute atomic E-state index is 13.0. The van der Waals surface area contributed by atoms with Crippen molar-refractivity contribution in [2.24, 2.45) is 11.8 Å². The van der Waals surface area contributed by atoms with Crippen LogP contribution in [-0.4, -0.2) is 18.3 Å². The molecule has 0 radical (unpaired) electrons. The Bertz CT molecular complexity index is 339. The predicted octanol–water partition coefficient (Wildman–Crippen LogP) is 2.81. The van der Waals surface area contributed by atoms with Crippen LogP contribution in [0.1, 0.15) is 19.4 Å². The number of halogens is 1. The predicted molar refractivity (Wildman–Crippen MR) is 65.0 cm³/mol. The van der Waals surface area contributed by atoms with E-state index in [2.05, 4.69) is 19.2 Å². The second-order valence-electron chi connectivity index (χ2n) is 4.53. The number of rotatable bonds is 5. The van der Waals surface area contributed by atoms with Crippen LogP contribution in [0.2, 0.25) is 0 Å². The lowest BCUT2D eigenvalue weighted by Crippen LogP contribution is -2.22. The van der Waals surface area contributed by atoms with Gasteiger partial charge in [0.15, 0.2) is 0 Å². The molecule has 0 fully saturated rings. The molecule has 90 valence electrons. The van der Waals surface area contributed by atoms with Gasteiger partial charge in [0.2, 0.25) is 0 Å². The molecule has 0 aliphatic carbocycles. The van der Waals surface area contributed by atoms with Gasteiger partial charge in [0, 0.05) is 24.8 Å². The van der Waals surface area contributed by atoms with Gasteiger partial charge in [0.25, 0.3) is 0 Å². The van der Waals surface area contributed by atoms with E-state index in [0.717, 1.165) is 5.69 Å². The zero-order chi connectivity index (χ0) is 12.1. The number of nitrogens with one attached hydrogen (secondary N) is 1. The SMILES string of the molecule is Cc1cc(NCC(CO)C(C)C)ccc1F. The Balaban J connectivity index is 2.57. The quantitative estimate of drug-likeness (QED) is 0.807. The number of aryl methyl sites for hydroxylation is 1. The van der Waals surface area contributed by atoms with Crippen molar-refractivity contribution in [1.29, 1.82) is 0 Å². The summed E-state index contributed by atoms with van der Waals surface area (Å²) >= 11 is 0. The van der Waals surface area contributed by atoms with E-state index in [0.29, 0.717) is 18.0 Å². The number of anilines is 1. The van der Waals surface area contributed by atoms with E-state index in [9.17, 15) is 9.50 Å². The molecule has 2 nitrogen and oxygen atoms in total. The normalized spacial score (nSPS) is 12.9. The van der Waals surface area contributed by atoms with Gasteiger partial charge in [-0.1, -0.05) is 13.8 Å². The molecule has 0 heterocycles. The fourth-order valence-electron chi connectivity index (χ4n) is 1.51. The molecule has 1 atom stereocenters. The van der Waals surface area contributed by atoms with E-state index >= 15 is 0 Å². The fourth-order valence-corrected chi connectivity index (χ4v) is 1.51. The molecular weight excluding hydrogens is 205 g/mol. The summed E-state index contributed by atoms with van der Waals surface area (Å²) in [5.41, 5.74) is 1.54. The molecule has 3 heteroatoms. The average Bonchev–Trinajstić information content (AvgIpc) is 2.23. The van der Waals surface area contributed by atoms with Gasteiger partial charge >= 0.3 is 0 Å². The average molecular weight is 225 g/mol. The van der Waals surface area contributed by atoms with Crippen molar-refractivity contribution in [2.75, 3.05) is 18.5 Å². The smallest absolute Gasteiger partial charge is 0.126 e. The molecule has 16 heavy (non-hydrogen) atoms. The second-order valence-corrected chi connectivity index (χ2v) is 4.53. The first-order valence-electron chi connectivity index (χ1n) is 5.65. The summed E-state index contributed by atoms with van der Waals surface area (Å²) in [6, 6.07) is 4.96. The Kier molecular flexibility index (Phi) is 4.74. The van der Waals surface area contributed by atoms with Crippen LogP contribution in [0.5, 0.6) is 0 Å². The Labute approximate surface area is 96.5 Å². The van der Waals surface area contributed by atoms with E-state index < -0.39 is 0 Å². The van der Waals surface area contributed by atoms with E-state index in [1.165, 1.54) is 6.07 Å². The van der Waals surface area contributed by atoms with Crippen LogP contribution in [0.4, 0.5) is 10.1 Å². The Morgan fingerprint density at radius 2 is 2.06 bits per heavy atom. The minimum absolute atomic E-state index is 0.171. The highest BCUT2D eigenvalue weighted by molar-refractivity contribution is 5.45. The molecule has 0 aliphatic rings. The summed E-state index contributed by atoms with van der Waals surface area (Å²) in [7, 11) is 0.